The van der Waals surface area contributed by atoms with Crippen molar-refractivity contribution >= 4 is 26.4 Å². The van der Waals surface area contributed by atoms with Crippen LogP contribution in [0, 0.1) is 0 Å². The van der Waals surface area contributed by atoms with E-state index in [9.17, 15) is 14.4 Å². The smallest absolute Gasteiger partial charge is 0.342 e. The van der Waals surface area contributed by atoms with Crippen molar-refractivity contribution in [3.05, 3.63) is 48.0 Å². The van der Waals surface area contributed by atoms with Crippen LogP contribution in [0.3, 0.4) is 0 Å². The molecule has 0 heterocycles. The highest BCUT2D eigenvalue weighted by molar-refractivity contribution is 7.44. The van der Waals surface area contributed by atoms with Crippen molar-refractivity contribution in [1.82, 2.24) is 9.99 Å². The van der Waals surface area contributed by atoms with Crippen molar-refractivity contribution in [1.29, 1.82) is 0 Å². The lowest BCUT2D eigenvalue weighted by atomic mass is 9.86. The molecule has 1 aromatic rings. The Bertz CT molecular complexity index is 885. The second-order valence-corrected chi connectivity index (χ2v) is 10.4. The number of ether oxygens (including phenoxy) is 2. The average molecular weight is 509 g/mol. The first-order valence-corrected chi connectivity index (χ1v) is 12.8. The third-order valence-electron chi connectivity index (χ3n) is 5.37. The maximum atomic E-state index is 13.1. The van der Waals surface area contributed by atoms with E-state index in [0.29, 0.717) is 0 Å². The molecule has 4 atom stereocenters. The van der Waals surface area contributed by atoms with Gasteiger partial charge in [0.05, 0.1) is 19.8 Å². The number of carbonyl (C=O) groups is 3. The predicted octanol–water partition coefficient (Wildman–Crippen LogP) is 3.87. The summed E-state index contributed by atoms with van der Waals surface area (Å²) in [7, 11) is -0.478. The van der Waals surface area contributed by atoms with Gasteiger partial charge in [0.15, 0.2) is 5.60 Å². The fourth-order valence-corrected chi connectivity index (χ4v) is 5.75. The number of methoxy groups -OCH3 is 1. The standard InChI is InChI=1S/C25H37N2O7P/c1-17(2)27(18(3)4)35(32-16-21-11-9-8-10-12-21)34-25(24(30)31-7)14-13-22(26-19(5)28)23(15-25)33-20(6)29/h8-14,17-18,22-23H,15-16H2,1-7H3,(H,26,28)/t22-,23+,25-,35?/m0/s1. The number of esters is 2. The fourth-order valence-electron chi connectivity index (χ4n) is 3.97. The van der Waals surface area contributed by atoms with Gasteiger partial charge in [-0.2, -0.15) is 0 Å². The number of carbonyl (C=O) groups excluding carboxylic acids is 3. The van der Waals surface area contributed by atoms with Crippen molar-refractivity contribution in [2.45, 2.75) is 84.4 Å². The molecule has 1 N–H and O–H groups in total. The van der Waals surface area contributed by atoms with E-state index in [1.165, 1.54) is 21.0 Å². The van der Waals surface area contributed by atoms with Gasteiger partial charge in [0.25, 0.3) is 8.53 Å². The number of nitrogens with one attached hydrogen (secondary N) is 1. The minimum Gasteiger partial charge on any atom is -0.467 e. The highest BCUT2D eigenvalue weighted by atomic mass is 31.2. The number of hydrogen-bond acceptors (Lipinski definition) is 8. The van der Waals surface area contributed by atoms with E-state index in [1.54, 1.807) is 12.2 Å². The number of rotatable bonds is 11. The van der Waals surface area contributed by atoms with Crippen molar-refractivity contribution in [2.24, 2.45) is 0 Å². The average Bonchev–Trinajstić information content (AvgIpc) is 2.78. The normalized spacial score (nSPS) is 22.8. The molecule has 35 heavy (non-hydrogen) atoms. The number of benzene rings is 1. The topological polar surface area (TPSA) is 103 Å². The van der Waals surface area contributed by atoms with Crippen LogP contribution in [0.5, 0.6) is 0 Å². The Hall–Kier alpha value is -2.32. The zero-order chi connectivity index (χ0) is 26.2. The van der Waals surface area contributed by atoms with Gasteiger partial charge in [0.1, 0.15) is 6.10 Å². The molecule has 1 aliphatic rings. The minimum absolute atomic E-state index is 0.0434. The van der Waals surface area contributed by atoms with Gasteiger partial charge in [0, 0.05) is 32.4 Å². The van der Waals surface area contributed by atoms with Crippen molar-refractivity contribution in [2.75, 3.05) is 7.11 Å². The Balaban J connectivity index is 2.45. The summed E-state index contributed by atoms with van der Waals surface area (Å²) < 4.78 is 25.5. The lowest BCUT2D eigenvalue weighted by Gasteiger charge is -2.43. The lowest BCUT2D eigenvalue weighted by Crippen LogP contribution is -2.54. The van der Waals surface area contributed by atoms with Gasteiger partial charge in [-0.05, 0) is 39.3 Å². The molecule has 0 bridgehead atoms. The van der Waals surface area contributed by atoms with Crippen LogP contribution < -0.4 is 5.32 Å². The van der Waals surface area contributed by atoms with Crippen LogP contribution in [0.2, 0.25) is 0 Å². The van der Waals surface area contributed by atoms with Crippen LogP contribution >= 0.6 is 8.53 Å². The van der Waals surface area contributed by atoms with Crippen LogP contribution in [-0.4, -0.2) is 59.5 Å². The molecule has 9 nitrogen and oxygen atoms in total. The Morgan fingerprint density at radius 2 is 1.74 bits per heavy atom. The van der Waals surface area contributed by atoms with E-state index >= 15 is 0 Å². The fraction of sp³-hybridized carbons (Fsp3) is 0.560. The Morgan fingerprint density at radius 1 is 1.11 bits per heavy atom. The lowest BCUT2D eigenvalue weighted by molar-refractivity contribution is -0.164. The Kier molecular flexibility index (Phi) is 10.8. The van der Waals surface area contributed by atoms with E-state index in [-0.39, 0.29) is 31.0 Å². The third kappa shape index (κ3) is 8.10. The van der Waals surface area contributed by atoms with Crippen LogP contribution in [0.4, 0.5) is 0 Å². The maximum Gasteiger partial charge on any atom is 0.342 e. The molecule has 2 rings (SSSR count). The van der Waals surface area contributed by atoms with Gasteiger partial charge >= 0.3 is 11.9 Å². The quantitative estimate of drug-likeness (QED) is 0.273. The van der Waals surface area contributed by atoms with E-state index in [4.69, 9.17) is 18.5 Å². The van der Waals surface area contributed by atoms with Gasteiger partial charge in [-0.3, -0.25) is 14.1 Å². The molecule has 0 spiro atoms. The summed E-state index contributed by atoms with van der Waals surface area (Å²) in [6.45, 7) is 11.0. The predicted molar refractivity (Wildman–Crippen MR) is 133 cm³/mol. The first-order chi connectivity index (χ1) is 16.5. The van der Waals surface area contributed by atoms with Crippen molar-refractivity contribution < 1.29 is 32.9 Å². The van der Waals surface area contributed by atoms with Gasteiger partial charge in [-0.1, -0.05) is 36.4 Å². The monoisotopic (exact) mass is 508 g/mol. The van der Waals surface area contributed by atoms with Crippen molar-refractivity contribution in [3.8, 4) is 0 Å². The molecule has 0 radical (unpaired) electrons. The molecule has 0 aromatic heterocycles. The molecule has 0 fully saturated rings. The number of amides is 1. The first kappa shape index (κ1) is 28.9. The molecule has 0 saturated carbocycles. The highest BCUT2D eigenvalue weighted by Gasteiger charge is 2.50. The molecule has 1 amide bonds. The molecular formula is C25H37N2O7P. The Labute approximate surface area is 209 Å². The van der Waals surface area contributed by atoms with Gasteiger partial charge in [-0.25, -0.2) is 9.46 Å². The van der Waals surface area contributed by atoms with Crippen LogP contribution in [-0.2, 0) is 39.5 Å². The molecule has 1 aliphatic carbocycles. The number of nitrogens with zero attached hydrogens (tertiary/aromatic N) is 1. The SMILES string of the molecule is COC(=O)[C@]1(OP(OCc2ccccc2)N(C(C)C)C(C)C)C=C[C@H](NC(C)=O)[C@H](OC(C)=O)C1. The third-order valence-corrected chi connectivity index (χ3v) is 7.50. The zero-order valence-corrected chi connectivity index (χ0v) is 22.4. The van der Waals surface area contributed by atoms with Crippen molar-refractivity contribution in [3.63, 3.8) is 0 Å². The van der Waals surface area contributed by atoms with E-state index < -0.39 is 38.2 Å². The van der Waals surface area contributed by atoms with Crippen LogP contribution in [0.1, 0.15) is 53.5 Å². The highest BCUT2D eigenvalue weighted by Crippen LogP contribution is 2.52. The summed E-state index contributed by atoms with van der Waals surface area (Å²) in [4.78, 5) is 36.6. The molecule has 1 unspecified atom stereocenters. The van der Waals surface area contributed by atoms with E-state index in [0.717, 1.165) is 5.56 Å². The molecular weight excluding hydrogens is 471 g/mol. The molecule has 0 saturated heterocycles. The summed E-state index contributed by atoms with van der Waals surface area (Å²) in [5, 5.41) is 2.74. The largest absolute Gasteiger partial charge is 0.467 e. The summed E-state index contributed by atoms with van der Waals surface area (Å²) >= 11 is 0. The summed E-state index contributed by atoms with van der Waals surface area (Å²) in [5.41, 5.74) is -0.611. The van der Waals surface area contributed by atoms with E-state index in [1.807, 2.05) is 58.0 Å². The summed E-state index contributed by atoms with van der Waals surface area (Å²) in [6.07, 6.45) is 2.30. The second-order valence-electron chi connectivity index (χ2n) is 8.97. The molecule has 10 heteroatoms. The minimum atomic E-state index is -1.75. The van der Waals surface area contributed by atoms with Gasteiger partial charge in [-0.15, -0.1) is 0 Å². The number of hydrogen-bond donors (Lipinski definition) is 1. The first-order valence-electron chi connectivity index (χ1n) is 11.7. The van der Waals surface area contributed by atoms with Crippen LogP contribution in [0.25, 0.3) is 0 Å². The molecule has 1 aromatic carbocycles. The van der Waals surface area contributed by atoms with E-state index in [2.05, 4.69) is 9.99 Å². The second kappa shape index (κ2) is 13.1. The van der Waals surface area contributed by atoms with Gasteiger partial charge in [0.2, 0.25) is 5.91 Å². The molecule has 194 valence electrons. The Morgan fingerprint density at radius 3 is 2.26 bits per heavy atom. The van der Waals surface area contributed by atoms with Crippen LogP contribution in [0.15, 0.2) is 42.5 Å². The maximum absolute atomic E-state index is 13.1. The summed E-state index contributed by atoms with van der Waals surface area (Å²) in [6, 6.07) is 9.18. The van der Waals surface area contributed by atoms with Gasteiger partial charge < -0.3 is 19.3 Å². The zero-order valence-electron chi connectivity index (χ0n) is 21.5. The molecule has 0 aliphatic heterocycles. The summed E-state index contributed by atoms with van der Waals surface area (Å²) in [5.74, 6) is -1.47.